The van der Waals surface area contributed by atoms with Gasteiger partial charge in [0.05, 0.1) is 17.9 Å². The Bertz CT molecular complexity index is 484. The Morgan fingerprint density at radius 2 is 2.19 bits per heavy atom. The number of esters is 1. The zero-order valence-corrected chi connectivity index (χ0v) is 9.45. The second kappa shape index (κ2) is 4.95. The number of carbonyl (C=O) groups excluding carboxylic acids is 1. The van der Waals surface area contributed by atoms with Crippen LogP contribution in [0.25, 0.3) is 0 Å². The molecule has 3 N–H and O–H groups in total. The summed E-state index contributed by atoms with van der Waals surface area (Å²) < 4.78 is 28.3. The van der Waals surface area contributed by atoms with Crippen LogP contribution in [-0.2, 0) is 14.9 Å². The van der Waals surface area contributed by atoms with Crippen molar-refractivity contribution < 1.29 is 17.9 Å². The third-order valence-corrected chi connectivity index (χ3v) is 2.15. The van der Waals surface area contributed by atoms with Crippen LogP contribution in [0.4, 0.5) is 5.69 Å². The predicted molar refractivity (Wildman–Crippen MR) is 59.1 cm³/mol. The highest BCUT2D eigenvalue weighted by Crippen LogP contribution is 2.12. The Morgan fingerprint density at radius 3 is 2.75 bits per heavy atom. The molecule has 1 aromatic rings. The van der Waals surface area contributed by atoms with Crippen molar-refractivity contribution >= 4 is 21.9 Å². The number of nitrogens with one attached hydrogen (secondary N) is 1. The molecule has 0 aliphatic rings. The first kappa shape index (κ1) is 12.5. The van der Waals surface area contributed by atoms with E-state index in [2.05, 4.69) is 4.72 Å². The summed E-state index contributed by atoms with van der Waals surface area (Å²) in [5.74, 6) is -0.513. The first-order valence-electron chi connectivity index (χ1n) is 4.50. The van der Waals surface area contributed by atoms with Crippen LogP contribution in [0.15, 0.2) is 24.3 Å². The van der Waals surface area contributed by atoms with Gasteiger partial charge in [-0.15, -0.1) is 0 Å². The van der Waals surface area contributed by atoms with Gasteiger partial charge in [0.15, 0.2) is 0 Å². The van der Waals surface area contributed by atoms with Gasteiger partial charge in [-0.1, -0.05) is 6.07 Å². The van der Waals surface area contributed by atoms with Crippen molar-refractivity contribution in [3.8, 4) is 0 Å². The van der Waals surface area contributed by atoms with E-state index in [1.165, 1.54) is 24.3 Å². The van der Waals surface area contributed by atoms with Gasteiger partial charge < -0.3 is 4.74 Å². The summed E-state index contributed by atoms with van der Waals surface area (Å²) in [4.78, 5) is 11.3. The van der Waals surface area contributed by atoms with Crippen LogP contribution in [-0.4, -0.2) is 21.0 Å². The molecule has 0 aromatic heterocycles. The zero-order chi connectivity index (χ0) is 12.2. The summed E-state index contributed by atoms with van der Waals surface area (Å²) in [7, 11) is -3.83. The maximum Gasteiger partial charge on any atom is 0.338 e. The van der Waals surface area contributed by atoms with E-state index >= 15 is 0 Å². The van der Waals surface area contributed by atoms with Crippen molar-refractivity contribution in [1.29, 1.82) is 0 Å². The minimum absolute atomic E-state index is 0.216. The maximum absolute atomic E-state index is 11.3. The standard InChI is InChI=1S/C9H12N2O4S/c1-2-15-9(12)7-4-3-5-8(6-7)11-16(10,13)14/h3-6,11H,2H2,1H3,(H2,10,13,14). The highest BCUT2D eigenvalue weighted by atomic mass is 32.2. The number of benzene rings is 1. The molecule has 0 saturated carbocycles. The van der Waals surface area contributed by atoms with E-state index in [9.17, 15) is 13.2 Å². The average molecular weight is 244 g/mol. The number of hydrogen-bond donors (Lipinski definition) is 2. The summed E-state index contributed by atoms with van der Waals surface area (Å²) in [5.41, 5.74) is 0.476. The van der Waals surface area contributed by atoms with E-state index in [0.29, 0.717) is 0 Å². The van der Waals surface area contributed by atoms with E-state index in [-0.39, 0.29) is 17.9 Å². The van der Waals surface area contributed by atoms with Crippen molar-refractivity contribution in [3.05, 3.63) is 29.8 Å². The molecule has 88 valence electrons. The molecule has 0 unspecified atom stereocenters. The van der Waals surface area contributed by atoms with Crippen LogP contribution >= 0.6 is 0 Å². The lowest BCUT2D eigenvalue weighted by atomic mass is 10.2. The fourth-order valence-electron chi connectivity index (χ4n) is 1.09. The highest BCUT2D eigenvalue weighted by Gasteiger charge is 2.08. The highest BCUT2D eigenvalue weighted by molar-refractivity contribution is 7.90. The van der Waals surface area contributed by atoms with Crippen LogP contribution < -0.4 is 9.86 Å². The van der Waals surface area contributed by atoms with Crippen molar-refractivity contribution in [2.45, 2.75) is 6.92 Å². The molecule has 0 aliphatic heterocycles. The molecule has 0 fully saturated rings. The number of carbonyl (C=O) groups is 1. The normalized spacial score (nSPS) is 10.9. The molecule has 7 heteroatoms. The third kappa shape index (κ3) is 3.87. The number of ether oxygens (including phenoxy) is 1. The number of nitrogens with two attached hydrogens (primary N) is 1. The molecule has 1 rings (SSSR count). The fraction of sp³-hybridized carbons (Fsp3) is 0.222. The van der Waals surface area contributed by atoms with Crippen LogP contribution in [0.5, 0.6) is 0 Å². The molecule has 6 nitrogen and oxygen atoms in total. The summed E-state index contributed by atoms with van der Waals surface area (Å²) >= 11 is 0. The topological polar surface area (TPSA) is 98.5 Å². The average Bonchev–Trinajstić information content (AvgIpc) is 2.16. The quantitative estimate of drug-likeness (QED) is 0.752. The first-order valence-corrected chi connectivity index (χ1v) is 6.04. The van der Waals surface area contributed by atoms with Crippen LogP contribution in [0, 0.1) is 0 Å². The lowest BCUT2D eigenvalue weighted by Gasteiger charge is -2.05. The van der Waals surface area contributed by atoms with Gasteiger partial charge in [0.25, 0.3) is 10.2 Å². The smallest absolute Gasteiger partial charge is 0.338 e. The van der Waals surface area contributed by atoms with Crippen LogP contribution in [0.2, 0.25) is 0 Å². The lowest BCUT2D eigenvalue weighted by molar-refractivity contribution is 0.0526. The predicted octanol–water partition coefficient (Wildman–Crippen LogP) is 0.479. The first-order chi connectivity index (χ1) is 7.42. The fourth-order valence-corrected chi connectivity index (χ4v) is 1.54. The van der Waals surface area contributed by atoms with Crippen molar-refractivity contribution in [3.63, 3.8) is 0 Å². The largest absolute Gasteiger partial charge is 0.462 e. The zero-order valence-electron chi connectivity index (χ0n) is 8.64. The minimum Gasteiger partial charge on any atom is -0.462 e. The van der Waals surface area contributed by atoms with Gasteiger partial charge in [-0.05, 0) is 25.1 Å². The third-order valence-electron chi connectivity index (χ3n) is 1.63. The second-order valence-corrected chi connectivity index (χ2v) is 4.24. The van der Waals surface area contributed by atoms with E-state index in [1.54, 1.807) is 6.92 Å². The van der Waals surface area contributed by atoms with E-state index in [0.717, 1.165) is 0 Å². The molecule has 0 bridgehead atoms. The van der Waals surface area contributed by atoms with E-state index in [4.69, 9.17) is 9.88 Å². The van der Waals surface area contributed by atoms with E-state index < -0.39 is 16.2 Å². The molecular weight excluding hydrogens is 232 g/mol. The second-order valence-electron chi connectivity index (χ2n) is 2.95. The molecule has 0 saturated heterocycles. The van der Waals surface area contributed by atoms with Gasteiger partial charge in [0.2, 0.25) is 0 Å². The Labute approximate surface area is 93.6 Å². The Hall–Kier alpha value is -1.60. The van der Waals surface area contributed by atoms with E-state index in [1.807, 2.05) is 0 Å². The van der Waals surface area contributed by atoms with Gasteiger partial charge >= 0.3 is 5.97 Å². The SMILES string of the molecule is CCOC(=O)c1cccc(NS(N)(=O)=O)c1. The van der Waals surface area contributed by atoms with Crippen LogP contribution in [0.1, 0.15) is 17.3 Å². The summed E-state index contributed by atoms with van der Waals surface area (Å²) in [5, 5.41) is 4.80. The van der Waals surface area contributed by atoms with Gasteiger partial charge in [-0.25, -0.2) is 9.93 Å². The molecule has 0 atom stereocenters. The van der Waals surface area contributed by atoms with Crippen molar-refractivity contribution in [2.75, 3.05) is 11.3 Å². The molecule has 0 aliphatic carbocycles. The maximum atomic E-state index is 11.3. The monoisotopic (exact) mass is 244 g/mol. The lowest BCUT2D eigenvalue weighted by Crippen LogP contribution is -2.21. The number of anilines is 1. The number of rotatable bonds is 4. The van der Waals surface area contributed by atoms with Gasteiger partial charge in [0, 0.05) is 0 Å². The van der Waals surface area contributed by atoms with Gasteiger partial charge in [0.1, 0.15) is 0 Å². The Kier molecular flexibility index (Phi) is 3.86. The Morgan fingerprint density at radius 1 is 1.50 bits per heavy atom. The molecule has 0 amide bonds. The molecule has 0 spiro atoms. The van der Waals surface area contributed by atoms with Crippen molar-refractivity contribution in [1.82, 2.24) is 0 Å². The summed E-state index contributed by atoms with van der Waals surface area (Å²) in [6, 6.07) is 5.88. The number of hydrogen-bond acceptors (Lipinski definition) is 4. The van der Waals surface area contributed by atoms with Crippen molar-refractivity contribution in [2.24, 2.45) is 5.14 Å². The van der Waals surface area contributed by atoms with Gasteiger partial charge in [-0.2, -0.15) is 8.42 Å². The van der Waals surface area contributed by atoms with Crippen LogP contribution in [0.3, 0.4) is 0 Å². The minimum atomic E-state index is -3.83. The Balaban J connectivity index is 2.91. The molecular formula is C9H12N2O4S. The molecule has 0 heterocycles. The summed E-state index contributed by atoms with van der Waals surface area (Å²) in [6.45, 7) is 1.94. The molecule has 0 radical (unpaired) electrons. The molecule has 16 heavy (non-hydrogen) atoms. The van der Waals surface area contributed by atoms with Gasteiger partial charge in [-0.3, -0.25) is 4.72 Å². The molecule has 1 aromatic carbocycles. The summed E-state index contributed by atoms with van der Waals surface area (Å²) in [6.07, 6.45) is 0.